The summed E-state index contributed by atoms with van der Waals surface area (Å²) in [7, 11) is 0. The van der Waals surface area contributed by atoms with Crippen LogP contribution in [0, 0.1) is 4.77 Å². The van der Waals surface area contributed by atoms with Crippen LogP contribution in [0.5, 0.6) is 0 Å². The molecule has 0 aliphatic heterocycles. The van der Waals surface area contributed by atoms with Gasteiger partial charge in [0, 0.05) is 43.2 Å². The smallest absolute Gasteiger partial charge is 0.251 e. The molecule has 0 saturated heterocycles. The molecule has 2 aromatic heterocycles. The number of amides is 1. The fourth-order valence-electron chi connectivity index (χ4n) is 2.43. The molecule has 3 aromatic rings. The fourth-order valence-corrected chi connectivity index (χ4v) is 2.67. The van der Waals surface area contributed by atoms with Crippen LogP contribution < -0.4 is 5.32 Å². The van der Waals surface area contributed by atoms with Gasteiger partial charge in [-0.05, 0) is 36.5 Å². The van der Waals surface area contributed by atoms with Crippen molar-refractivity contribution >= 4 is 18.1 Å². The minimum Gasteiger partial charge on any atom is -0.350 e. The average molecular weight is 342 g/mol. The highest BCUT2D eigenvalue weighted by molar-refractivity contribution is 7.71. The summed E-state index contributed by atoms with van der Waals surface area (Å²) >= 11 is 5.19. The number of rotatable bonds is 6. The van der Waals surface area contributed by atoms with Gasteiger partial charge in [0.15, 0.2) is 4.77 Å². The number of imidazole rings is 1. The second kappa shape index (κ2) is 7.22. The number of hydrogen-bond acceptors (Lipinski definition) is 4. The first-order valence-corrected chi connectivity index (χ1v) is 8.10. The maximum Gasteiger partial charge on any atom is 0.251 e. The molecule has 2 heterocycles. The van der Waals surface area contributed by atoms with Crippen LogP contribution in [-0.2, 0) is 13.0 Å². The number of hydrogen-bond donors (Lipinski definition) is 2. The van der Waals surface area contributed by atoms with Crippen LogP contribution in [0.4, 0.5) is 0 Å². The first kappa shape index (κ1) is 16.1. The van der Waals surface area contributed by atoms with E-state index in [0.29, 0.717) is 23.4 Å². The van der Waals surface area contributed by atoms with E-state index < -0.39 is 0 Å². The Balaban J connectivity index is 1.59. The van der Waals surface area contributed by atoms with Crippen LogP contribution in [0.15, 0.2) is 43.0 Å². The number of carbonyl (C=O) groups excluding carboxylic acids is 1. The van der Waals surface area contributed by atoms with Crippen LogP contribution in [0.3, 0.4) is 0 Å². The van der Waals surface area contributed by atoms with Crippen molar-refractivity contribution in [1.82, 2.24) is 29.6 Å². The summed E-state index contributed by atoms with van der Waals surface area (Å²) in [6.07, 6.45) is 6.08. The largest absolute Gasteiger partial charge is 0.350 e. The first-order valence-electron chi connectivity index (χ1n) is 7.69. The molecule has 24 heavy (non-hydrogen) atoms. The summed E-state index contributed by atoms with van der Waals surface area (Å²) < 4.78 is 4.36. The molecule has 0 saturated carbocycles. The van der Waals surface area contributed by atoms with Crippen LogP contribution in [0.25, 0.3) is 5.69 Å². The molecule has 2 N–H and O–H groups in total. The molecule has 0 bridgehead atoms. The van der Waals surface area contributed by atoms with E-state index in [4.69, 9.17) is 12.2 Å². The summed E-state index contributed by atoms with van der Waals surface area (Å²) in [6.45, 7) is 3.10. The Kier molecular flexibility index (Phi) is 4.85. The van der Waals surface area contributed by atoms with Gasteiger partial charge in [-0.25, -0.2) is 4.98 Å². The molecule has 124 valence electrons. The van der Waals surface area contributed by atoms with Crippen LogP contribution in [0.1, 0.15) is 23.1 Å². The predicted octanol–water partition coefficient (Wildman–Crippen LogP) is 2.12. The highest BCUT2D eigenvalue weighted by Crippen LogP contribution is 2.09. The third-order valence-electron chi connectivity index (χ3n) is 3.71. The van der Waals surface area contributed by atoms with Gasteiger partial charge in [0.2, 0.25) is 0 Å². The second-order valence-electron chi connectivity index (χ2n) is 5.22. The number of nitrogens with zero attached hydrogens (tertiary/aromatic N) is 4. The first-order chi connectivity index (χ1) is 11.7. The quantitative estimate of drug-likeness (QED) is 0.673. The van der Waals surface area contributed by atoms with E-state index in [0.717, 1.165) is 17.9 Å². The minimum atomic E-state index is -0.111. The number of H-pyrrole nitrogens is 1. The Hall–Kier alpha value is -2.74. The molecule has 0 unspecified atom stereocenters. The lowest BCUT2D eigenvalue weighted by molar-refractivity contribution is 0.0952. The molecule has 0 aliphatic rings. The monoisotopic (exact) mass is 342 g/mol. The normalized spacial score (nSPS) is 10.7. The van der Waals surface area contributed by atoms with Gasteiger partial charge in [-0.1, -0.05) is 6.92 Å². The van der Waals surface area contributed by atoms with Crippen LogP contribution in [-0.4, -0.2) is 36.8 Å². The van der Waals surface area contributed by atoms with E-state index >= 15 is 0 Å². The summed E-state index contributed by atoms with van der Waals surface area (Å²) in [5.41, 5.74) is 1.58. The van der Waals surface area contributed by atoms with Crippen molar-refractivity contribution in [2.24, 2.45) is 0 Å². The van der Waals surface area contributed by atoms with E-state index in [1.807, 2.05) is 34.4 Å². The van der Waals surface area contributed by atoms with Gasteiger partial charge >= 0.3 is 0 Å². The van der Waals surface area contributed by atoms with E-state index in [1.54, 1.807) is 24.7 Å². The van der Waals surface area contributed by atoms with Crippen molar-refractivity contribution in [3.63, 3.8) is 0 Å². The zero-order valence-electron chi connectivity index (χ0n) is 13.3. The fraction of sp³-hybridized carbons (Fsp3) is 0.250. The van der Waals surface area contributed by atoms with E-state index in [2.05, 4.69) is 20.5 Å². The number of nitrogens with one attached hydrogen (secondary N) is 2. The molecule has 0 spiro atoms. The van der Waals surface area contributed by atoms with Gasteiger partial charge in [0.25, 0.3) is 5.91 Å². The Labute approximate surface area is 144 Å². The molecule has 0 atom stereocenters. The Morgan fingerprint density at radius 3 is 2.79 bits per heavy atom. The van der Waals surface area contributed by atoms with Crippen molar-refractivity contribution in [2.45, 2.75) is 19.9 Å². The lowest BCUT2D eigenvalue weighted by Crippen LogP contribution is -2.27. The van der Waals surface area contributed by atoms with Crippen molar-refractivity contribution in [3.8, 4) is 5.69 Å². The SMILES string of the molecule is CCc1n[nH]c(=S)n1CCNC(=O)c1ccc(-n2ccnc2)cc1. The highest BCUT2D eigenvalue weighted by atomic mass is 32.1. The zero-order valence-corrected chi connectivity index (χ0v) is 14.1. The third kappa shape index (κ3) is 3.43. The van der Waals surface area contributed by atoms with Gasteiger partial charge in [-0.15, -0.1) is 0 Å². The molecule has 0 fully saturated rings. The molecule has 8 heteroatoms. The maximum absolute atomic E-state index is 12.2. The van der Waals surface area contributed by atoms with Gasteiger partial charge in [0.05, 0.1) is 6.33 Å². The minimum absolute atomic E-state index is 0.111. The lowest BCUT2D eigenvalue weighted by Gasteiger charge is -2.08. The second-order valence-corrected chi connectivity index (χ2v) is 5.61. The predicted molar refractivity (Wildman–Crippen MR) is 92.7 cm³/mol. The van der Waals surface area contributed by atoms with Crippen LogP contribution in [0.2, 0.25) is 0 Å². The third-order valence-corrected chi connectivity index (χ3v) is 4.02. The summed E-state index contributed by atoms with van der Waals surface area (Å²) in [5.74, 6) is 0.777. The molecular formula is C16H18N6OS. The highest BCUT2D eigenvalue weighted by Gasteiger charge is 2.07. The Morgan fingerprint density at radius 1 is 1.33 bits per heavy atom. The van der Waals surface area contributed by atoms with Gasteiger partial charge < -0.3 is 14.5 Å². The number of aryl methyl sites for hydroxylation is 1. The zero-order chi connectivity index (χ0) is 16.9. The van der Waals surface area contributed by atoms with Crippen molar-refractivity contribution in [1.29, 1.82) is 0 Å². The number of carbonyl (C=O) groups is 1. The molecule has 7 nitrogen and oxygen atoms in total. The summed E-state index contributed by atoms with van der Waals surface area (Å²) in [6, 6.07) is 7.37. The molecule has 0 radical (unpaired) electrons. The Morgan fingerprint density at radius 2 is 2.12 bits per heavy atom. The molecular weight excluding hydrogens is 324 g/mol. The topological polar surface area (TPSA) is 80.5 Å². The van der Waals surface area contributed by atoms with Crippen molar-refractivity contribution in [3.05, 3.63) is 59.1 Å². The van der Waals surface area contributed by atoms with Gasteiger partial charge in [0.1, 0.15) is 5.82 Å². The maximum atomic E-state index is 12.2. The number of benzene rings is 1. The molecule has 1 aromatic carbocycles. The van der Waals surface area contributed by atoms with Gasteiger partial charge in [-0.3, -0.25) is 9.89 Å². The number of aromatic amines is 1. The molecule has 0 aliphatic carbocycles. The van der Waals surface area contributed by atoms with E-state index in [-0.39, 0.29) is 5.91 Å². The van der Waals surface area contributed by atoms with E-state index in [9.17, 15) is 4.79 Å². The summed E-state index contributed by atoms with van der Waals surface area (Å²) in [4.78, 5) is 16.2. The van der Waals surface area contributed by atoms with E-state index in [1.165, 1.54) is 0 Å². The Bertz CT molecular complexity index is 863. The number of aromatic nitrogens is 5. The van der Waals surface area contributed by atoms with Crippen molar-refractivity contribution < 1.29 is 4.79 Å². The van der Waals surface area contributed by atoms with Crippen LogP contribution >= 0.6 is 12.2 Å². The van der Waals surface area contributed by atoms with Crippen molar-refractivity contribution in [2.75, 3.05) is 6.54 Å². The lowest BCUT2D eigenvalue weighted by atomic mass is 10.2. The average Bonchev–Trinajstić information content (AvgIpc) is 3.25. The molecule has 1 amide bonds. The standard InChI is InChI=1S/C16H18N6OS/c1-2-14-19-20-16(24)22(14)10-8-18-15(23)12-3-5-13(6-4-12)21-9-7-17-11-21/h3-7,9,11H,2,8,10H2,1H3,(H,18,23)(H,20,24). The molecule has 3 rings (SSSR count). The summed E-state index contributed by atoms with van der Waals surface area (Å²) in [5, 5.41) is 9.83. The van der Waals surface area contributed by atoms with Gasteiger partial charge in [-0.2, -0.15) is 5.10 Å².